The van der Waals surface area contributed by atoms with Gasteiger partial charge in [-0.05, 0) is 37.5 Å². The van der Waals surface area contributed by atoms with Crippen LogP contribution in [-0.4, -0.2) is 16.6 Å². The molecule has 0 aliphatic carbocycles. The molecule has 27 heavy (non-hydrogen) atoms. The third-order valence-electron chi connectivity index (χ3n) is 4.79. The maximum Gasteiger partial charge on any atom is 0.163 e. The lowest BCUT2D eigenvalue weighted by Gasteiger charge is -2.17. The van der Waals surface area contributed by atoms with Gasteiger partial charge in [-0.25, -0.2) is 0 Å². The number of aromatic nitrogens is 1. The molecule has 0 saturated heterocycles. The summed E-state index contributed by atoms with van der Waals surface area (Å²) >= 11 is 0. The van der Waals surface area contributed by atoms with Crippen LogP contribution in [0.25, 0.3) is 0 Å². The zero-order chi connectivity index (χ0) is 19.2. The molecule has 1 unspecified atom stereocenters. The number of benzene rings is 2. The normalized spacial score (nSPS) is 11.8. The molecule has 0 fully saturated rings. The fraction of sp³-hybridized carbons (Fsp3) is 0.208. The van der Waals surface area contributed by atoms with Crippen LogP contribution in [0.4, 0.5) is 0 Å². The molecule has 0 aliphatic rings. The van der Waals surface area contributed by atoms with Gasteiger partial charge < -0.3 is 0 Å². The zero-order valence-corrected chi connectivity index (χ0v) is 15.7. The van der Waals surface area contributed by atoms with Gasteiger partial charge >= 0.3 is 0 Å². The highest BCUT2D eigenvalue weighted by atomic mass is 16.1. The van der Waals surface area contributed by atoms with E-state index in [1.807, 2.05) is 62.4 Å². The smallest absolute Gasteiger partial charge is 0.163 e. The molecule has 2 aromatic carbocycles. The highest BCUT2D eigenvalue weighted by molar-refractivity contribution is 5.99. The third kappa shape index (κ3) is 4.98. The van der Waals surface area contributed by atoms with Crippen LogP contribution in [0.1, 0.15) is 56.2 Å². The van der Waals surface area contributed by atoms with Gasteiger partial charge in [0.05, 0.1) is 0 Å². The first-order valence-corrected chi connectivity index (χ1v) is 9.12. The number of nitrogens with zero attached hydrogens (tertiary/aromatic N) is 1. The highest BCUT2D eigenvalue weighted by Gasteiger charge is 2.21. The van der Waals surface area contributed by atoms with Crippen LogP contribution in [0.2, 0.25) is 0 Å². The molecule has 1 aromatic heterocycles. The maximum absolute atomic E-state index is 12.8. The number of rotatable bonds is 7. The van der Waals surface area contributed by atoms with E-state index in [0.29, 0.717) is 24.0 Å². The predicted octanol–water partition coefficient (Wildman–Crippen LogP) is 5.33. The van der Waals surface area contributed by atoms with E-state index < -0.39 is 0 Å². The minimum Gasteiger partial charge on any atom is -0.294 e. The number of ketones is 2. The second-order valence-electron chi connectivity index (χ2n) is 6.96. The molecule has 0 N–H and O–H groups in total. The van der Waals surface area contributed by atoms with Gasteiger partial charge in [-0.15, -0.1) is 0 Å². The number of hydrogen-bond donors (Lipinski definition) is 0. The van der Waals surface area contributed by atoms with Crippen LogP contribution >= 0.6 is 0 Å². The number of aryl methyl sites for hydroxylation is 2. The Bertz CT molecular complexity index is 913. The first kappa shape index (κ1) is 18.7. The topological polar surface area (TPSA) is 47.0 Å². The van der Waals surface area contributed by atoms with Gasteiger partial charge in [0, 0.05) is 36.4 Å². The summed E-state index contributed by atoms with van der Waals surface area (Å²) in [5.74, 6) is -0.0668. The van der Waals surface area contributed by atoms with E-state index in [2.05, 4.69) is 4.98 Å². The molecule has 0 spiro atoms. The average molecular weight is 357 g/mol. The Hall–Kier alpha value is -3.07. The fourth-order valence-corrected chi connectivity index (χ4v) is 3.11. The van der Waals surface area contributed by atoms with Crippen LogP contribution in [-0.2, 0) is 0 Å². The minimum absolute atomic E-state index is 0.0275. The number of Topliss-reactive ketones (excluding diaryl/α,β-unsaturated/α-hetero) is 2. The van der Waals surface area contributed by atoms with Gasteiger partial charge in [-0.3, -0.25) is 14.6 Å². The Kier molecular flexibility index (Phi) is 5.92. The van der Waals surface area contributed by atoms with Crippen molar-refractivity contribution in [3.05, 3.63) is 101 Å². The van der Waals surface area contributed by atoms with E-state index in [4.69, 9.17) is 0 Å². The largest absolute Gasteiger partial charge is 0.294 e. The van der Waals surface area contributed by atoms with Crippen LogP contribution in [0.3, 0.4) is 0 Å². The van der Waals surface area contributed by atoms with Crippen molar-refractivity contribution in [3.63, 3.8) is 0 Å². The molecule has 0 radical (unpaired) electrons. The maximum atomic E-state index is 12.8. The Labute approximate surface area is 160 Å². The first-order valence-electron chi connectivity index (χ1n) is 9.12. The van der Waals surface area contributed by atoms with Crippen molar-refractivity contribution in [2.24, 2.45) is 0 Å². The van der Waals surface area contributed by atoms with Crippen molar-refractivity contribution in [2.75, 3.05) is 0 Å². The summed E-state index contributed by atoms with van der Waals surface area (Å²) < 4.78 is 0. The molecule has 1 heterocycles. The Balaban J connectivity index is 1.83. The van der Waals surface area contributed by atoms with Crippen LogP contribution < -0.4 is 0 Å². The Morgan fingerprint density at radius 3 is 1.67 bits per heavy atom. The fourth-order valence-electron chi connectivity index (χ4n) is 3.11. The predicted molar refractivity (Wildman–Crippen MR) is 107 cm³/mol. The number of hydrogen-bond acceptors (Lipinski definition) is 3. The van der Waals surface area contributed by atoms with Gasteiger partial charge in [0.25, 0.3) is 0 Å². The first-order chi connectivity index (χ1) is 13.0. The molecule has 0 aliphatic heterocycles. The van der Waals surface area contributed by atoms with E-state index in [9.17, 15) is 9.59 Å². The molecular formula is C24H23NO2. The average Bonchev–Trinajstić information content (AvgIpc) is 2.69. The van der Waals surface area contributed by atoms with E-state index in [-0.39, 0.29) is 17.5 Å². The molecule has 136 valence electrons. The summed E-state index contributed by atoms with van der Waals surface area (Å²) in [5.41, 5.74) is 4.61. The molecule has 3 rings (SSSR count). The van der Waals surface area contributed by atoms with Gasteiger partial charge in [0.2, 0.25) is 0 Å². The molecular weight excluding hydrogens is 334 g/mol. The lowest BCUT2D eigenvalue weighted by Crippen LogP contribution is -2.13. The quantitative estimate of drug-likeness (QED) is 0.537. The van der Waals surface area contributed by atoms with Crippen molar-refractivity contribution >= 4 is 11.6 Å². The highest BCUT2D eigenvalue weighted by Crippen LogP contribution is 2.27. The van der Waals surface area contributed by atoms with Crippen molar-refractivity contribution in [2.45, 2.75) is 32.6 Å². The summed E-state index contributed by atoms with van der Waals surface area (Å²) in [7, 11) is 0. The molecule has 0 amide bonds. The summed E-state index contributed by atoms with van der Waals surface area (Å²) in [6.07, 6.45) is 3.84. The molecule has 0 saturated carbocycles. The second-order valence-corrected chi connectivity index (χ2v) is 6.96. The molecule has 0 bridgehead atoms. The SMILES string of the molecule is Cc1ccc(C(=O)CC(CC(=O)c2ccncc2)c2ccc(C)cc2)cc1. The zero-order valence-electron chi connectivity index (χ0n) is 15.7. The van der Waals surface area contributed by atoms with Gasteiger partial charge in [0.15, 0.2) is 11.6 Å². The second kappa shape index (κ2) is 8.54. The molecule has 3 nitrogen and oxygen atoms in total. The third-order valence-corrected chi connectivity index (χ3v) is 4.79. The van der Waals surface area contributed by atoms with Crippen molar-refractivity contribution in [1.29, 1.82) is 0 Å². The standard InChI is InChI=1S/C24H23NO2/c1-17-3-7-19(8-4-17)22(16-24(27)21-11-13-25-14-12-21)15-23(26)20-9-5-18(2)6-10-20/h3-14,22H,15-16H2,1-2H3. The lowest BCUT2D eigenvalue weighted by atomic mass is 9.86. The Morgan fingerprint density at radius 1 is 0.704 bits per heavy atom. The van der Waals surface area contributed by atoms with Crippen LogP contribution in [0, 0.1) is 13.8 Å². The summed E-state index contributed by atoms with van der Waals surface area (Å²) in [6, 6.07) is 19.1. The van der Waals surface area contributed by atoms with Crippen LogP contribution in [0.15, 0.2) is 73.1 Å². The summed E-state index contributed by atoms with van der Waals surface area (Å²) in [5, 5.41) is 0. The summed E-state index contributed by atoms with van der Waals surface area (Å²) in [4.78, 5) is 29.5. The number of carbonyl (C=O) groups is 2. The monoisotopic (exact) mass is 357 g/mol. The van der Waals surface area contributed by atoms with Gasteiger partial charge in [-0.1, -0.05) is 59.7 Å². The lowest BCUT2D eigenvalue weighted by molar-refractivity contribution is 0.0944. The Morgan fingerprint density at radius 2 is 1.15 bits per heavy atom. The number of carbonyl (C=O) groups excluding carboxylic acids is 2. The molecule has 1 atom stereocenters. The number of pyridine rings is 1. The van der Waals surface area contributed by atoms with Gasteiger partial charge in [-0.2, -0.15) is 0 Å². The van der Waals surface area contributed by atoms with E-state index >= 15 is 0 Å². The minimum atomic E-state index is -0.153. The van der Waals surface area contributed by atoms with Crippen molar-refractivity contribution < 1.29 is 9.59 Å². The molecule has 3 heteroatoms. The summed E-state index contributed by atoms with van der Waals surface area (Å²) in [6.45, 7) is 4.02. The molecule has 3 aromatic rings. The van der Waals surface area contributed by atoms with Crippen molar-refractivity contribution in [3.8, 4) is 0 Å². The van der Waals surface area contributed by atoms with E-state index in [0.717, 1.165) is 16.7 Å². The van der Waals surface area contributed by atoms with Crippen LogP contribution in [0.5, 0.6) is 0 Å². The van der Waals surface area contributed by atoms with Gasteiger partial charge in [0.1, 0.15) is 0 Å². The van der Waals surface area contributed by atoms with E-state index in [1.54, 1.807) is 24.5 Å². The van der Waals surface area contributed by atoms with E-state index in [1.165, 1.54) is 0 Å². The van der Waals surface area contributed by atoms with Crippen molar-refractivity contribution in [1.82, 2.24) is 4.98 Å².